The van der Waals surface area contributed by atoms with Gasteiger partial charge in [-0.2, -0.15) is 0 Å². The summed E-state index contributed by atoms with van der Waals surface area (Å²) >= 11 is 0. The lowest BCUT2D eigenvalue weighted by molar-refractivity contribution is 0.0964. The maximum absolute atomic E-state index is 11.4. The first-order chi connectivity index (χ1) is 6.33. The number of hydrogen-bond acceptors (Lipinski definition) is 2. The zero-order valence-electron chi connectivity index (χ0n) is 7.55. The number of fused-ring (bicyclic) bond motifs is 1. The molecule has 1 heterocycles. The summed E-state index contributed by atoms with van der Waals surface area (Å²) < 4.78 is 0. The molecule has 13 heavy (non-hydrogen) atoms. The SMILES string of the molecule is CNC(=O)c1cccc2c1NCC2. The normalized spacial score (nSPS) is 13.3. The Bertz CT molecular complexity index is 347. The largest absolute Gasteiger partial charge is 0.384 e. The van der Waals surface area contributed by atoms with E-state index in [9.17, 15) is 4.79 Å². The maximum Gasteiger partial charge on any atom is 0.253 e. The predicted octanol–water partition coefficient (Wildman–Crippen LogP) is 1.01. The van der Waals surface area contributed by atoms with Crippen LogP contribution in [0.5, 0.6) is 0 Å². The number of nitrogens with one attached hydrogen (secondary N) is 2. The molecule has 0 spiro atoms. The maximum atomic E-state index is 11.4. The first-order valence-electron chi connectivity index (χ1n) is 4.41. The van der Waals surface area contributed by atoms with Gasteiger partial charge in [0.2, 0.25) is 0 Å². The zero-order chi connectivity index (χ0) is 9.26. The van der Waals surface area contributed by atoms with Crippen LogP contribution in [0, 0.1) is 0 Å². The lowest BCUT2D eigenvalue weighted by atomic mass is 10.1. The number of carbonyl (C=O) groups is 1. The quantitative estimate of drug-likeness (QED) is 0.670. The summed E-state index contributed by atoms with van der Waals surface area (Å²) in [6.45, 7) is 0.934. The number of hydrogen-bond donors (Lipinski definition) is 2. The second-order valence-corrected chi connectivity index (χ2v) is 3.10. The van der Waals surface area contributed by atoms with Gasteiger partial charge in [-0.3, -0.25) is 4.79 Å². The molecule has 68 valence electrons. The molecule has 1 amide bonds. The van der Waals surface area contributed by atoms with Crippen molar-refractivity contribution in [1.29, 1.82) is 0 Å². The summed E-state index contributed by atoms with van der Waals surface area (Å²) in [4.78, 5) is 11.4. The summed E-state index contributed by atoms with van der Waals surface area (Å²) in [5, 5.41) is 5.86. The minimum atomic E-state index is -0.0220. The molecule has 3 heteroatoms. The number of para-hydroxylation sites is 1. The van der Waals surface area contributed by atoms with E-state index in [1.807, 2.05) is 12.1 Å². The molecule has 1 aliphatic heterocycles. The van der Waals surface area contributed by atoms with Crippen molar-refractivity contribution in [2.24, 2.45) is 0 Å². The molecule has 3 nitrogen and oxygen atoms in total. The van der Waals surface area contributed by atoms with Crippen molar-refractivity contribution < 1.29 is 4.79 Å². The highest BCUT2D eigenvalue weighted by atomic mass is 16.1. The first kappa shape index (κ1) is 8.10. The monoisotopic (exact) mass is 176 g/mol. The van der Waals surface area contributed by atoms with Crippen LogP contribution < -0.4 is 10.6 Å². The molecule has 2 N–H and O–H groups in total. The number of carbonyl (C=O) groups excluding carboxylic acids is 1. The number of rotatable bonds is 1. The summed E-state index contributed by atoms with van der Waals surface area (Å²) in [6, 6.07) is 5.83. The molecule has 2 rings (SSSR count). The minimum Gasteiger partial charge on any atom is -0.384 e. The topological polar surface area (TPSA) is 41.1 Å². The summed E-state index contributed by atoms with van der Waals surface area (Å²) in [5.74, 6) is -0.0220. The number of anilines is 1. The fourth-order valence-corrected chi connectivity index (χ4v) is 1.66. The molecule has 0 aromatic heterocycles. The Morgan fingerprint density at radius 1 is 1.54 bits per heavy atom. The van der Waals surface area contributed by atoms with Gasteiger partial charge in [-0.25, -0.2) is 0 Å². The van der Waals surface area contributed by atoms with Gasteiger partial charge >= 0.3 is 0 Å². The fraction of sp³-hybridized carbons (Fsp3) is 0.300. The third kappa shape index (κ3) is 1.26. The van der Waals surface area contributed by atoms with Crippen LogP contribution in [-0.2, 0) is 6.42 Å². The van der Waals surface area contributed by atoms with Crippen LogP contribution in [0.4, 0.5) is 5.69 Å². The lowest BCUT2D eigenvalue weighted by Crippen LogP contribution is -2.19. The Balaban J connectivity index is 2.47. The molecule has 0 saturated carbocycles. The van der Waals surface area contributed by atoms with Crippen LogP contribution in [-0.4, -0.2) is 19.5 Å². The van der Waals surface area contributed by atoms with Crippen molar-refractivity contribution in [2.45, 2.75) is 6.42 Å². The molecule has 1 aromatic carbocycles. The minimum absolute atomic E-state index is 0.0220. The highest BCUT2D eigenvalue weighted by molar-refractivity contribution is 6.00. The predicted molar refractivity (Wildman–Crippen MR) is 52.0 cm³/mol. The van der Waals surface area contributed by atoms with Gasteiger partial charge in [0.25, 0.3) is 5.91 Å². The van der Waals surface area contributed by atoms with Crippen molar-refractivity contribution in [2.75, 3.05) is 18.9 Å². The standard InChI is InChI=1S/C10H12N2O/c1-11-10(13)8-4-2-3-7-5-6-12-9(7)8/h2-4,12H,5-6H2,1H3,(H,11,13). The zero-order valence-corrected chi connectivity index (χ0v) is 7.55. The fourth-order valence-electron chi connectivity index (χ4n) is 1.66. The Morgan fingerprint density at radius 3 is 3.15 bits per heavy atom. The van der Waals surface area contributed by atoms with Gasteiger partial charge in [-0.05, 0) is 18.1 Å². The summed E-state index contributed by atoms with van der Waals surface area (Å²) in [6.07, 6.45) is 1.01. The average Bonchev–Trinajstić information content (AvgIpc) is 2.63. The molecule has 0 atom stereocenters. The van der Waals surface area contributed by atoms with Crippen LogP contribution in [0.2, 0.25) is 0 Å². The number of benzene rings is 1. The lowest BCUT2D eigenvalue weighted by Gasteiger charge is -2.06. The van der Waals surface area contributed by atoms with E-state index in [0.29, 0.717) is 0 Å². The molecule has 0 bridgehead atoms. The van der Waals surface area contributed by atoms with E-state index in [0.717, 1.165) is 24.2 Å². The molecule has 1 aromatic rings. The van der Waals surface area contributed by atoms with E-state index in [1.165, 1.54) is 5.56 Å². The highest BCUT2D eigenvalue weighted by Gasteiger charge is 2.16. The molecular formula is C10H12N2O. The molecule has 0 saturated heterocycles. The Morgan fingerprint density at radius 2 is 2.38 bits per heavy atom. The Labute approximate surface area is 77.1 Å². The first-order valence-corrected chi connectivity index (χ1v) is 4.41. The van der Waals surface area contributed by atoms with Crippen molar-refractivity contribution in [1.82, 2.24) is 5.32 Å². The van der Waals surface area contributed by atoms with E-state index in [1.54, 1.807) is 7.05 Å². The third-order valence-corrected chi connectivity index (χ3v) is 2.32. The molecule has 0 aliphatic carbocycles. The molecule has 0 fully saturated rings. The van der Waals surface area contributed by atoms with Crippen LogP contribution in [0.3, 0.4) is 0 Å². The van der Waals surface area contributed by atoms with Crippen LogP contribution in [0.1, 0.15) is 15.9 Å². The van der Waals surface area contributed by atoms with Crippen LogP contribution in [0.15, 0.2) is 18.2 Å². The molecule has 0 unspecified atom stereocenters. The van der Waals surface area contributed by atoms with Gasteiger partial charge in [0.15, 0.2) is 0 Å². The van der Waals surface area contributed by atoms with Crippen LogP contribution in [0.25, 0.3) is 0 Å². The molecular weight excluding hydrogens is 164 g/mol. The second kappa shape index (κ2) is 3.09. The van der Waals surface area contributed by atoms with Gasteiger partial charge in [0.1, 0.15) is 0 Å². The molecule has 0 radical (unpaired) electrons. The van der Waals surface area contributed by atoms with E-state index in [-0.39, 0.29) is 5.91 Å². The van der Waals surface area contributed by atoms with Gasteiger partial charge < -0.3 is 10.6 Å². The van der Waals surface area contributed by atoms with E-state index in [2.05, 4.69) is 16.7 Å². The van der Waals surface area contributed by atoms with Gasteiger partial charge in [0.05, 0.1) is 11.3 Å². The second-order valence-electron chi connectivity index (χ2n) is 3.10. The third-order valence-electron chi connectivity index (χ3n) is 2.32. The smallest absolute Gasteiger partial charge is 0.253 e. The summed E-state index contributed by atoms with van der Waals surface area (Å²) in [5.41, 5.74) is 2.99. The van der Waals surface area contributed by atoms with E-state index in [4.69, 9.17) is 0 Å². The van der Waals surface area contributed by atoms with Crippen molar-refractivity contribution in [3.05, 3.63) is 29.3 Å². The van der Waals surface area contributed by atoms with E-state index < -0.39 is 0 Å². The van der Waals surface area contributed by atoms with E-state index >= 15 is 0 Å². The average molecular weight is 176 g/mol. The van der Waals surface area contributed by atoms with Gasteiger partial charge in [0, 0.05) is 13.6 Å². The van der Waals surface area contributed by atoms with Crippen molar-refractivity contribution in [3.63, 3.8) is 0 Å². The van der Waals surface area contributed by atoms with Gasteiger partial charge in [-0.15, -0.1) is 0 Å². The Hall–Kier alpha value is -1.51. The van der Waals surface area contributed by atoms with Crippen LogP contribution >= 0.6 is 0 Å². The number of amides is 1. The highest BCUT2D eigenvalue weighted by Crippen LogP contribution is 2.25. The molecule has 1 aliphatic rings. The van der Waals surface area contributed by atoms with Crippen molar-refractivity contribution >= 4 is 11.6 Å². The summed E-state index contributed by atoms with van der Waals surface area (Å²) in [7, 11) is 1.65. The van der Waals surface area contributed by atoms with Crippen molar-refractivity contribution in [3.8, 4) is 0 Å². The van der Waals surface area contributed by atoms with Gasteiger partial charge in [-0.1, -0.05) is 12.1 Å². The Kier molecular flexibility index (Phi) is 1.93.